The van der Waals surface area contributed by atoms with E-state index in [2.05, 4.69) is 521 Å². The first-order valence-electron chi connectivity index (χ1n) is 46.5. The highest BCUT2D eigenvalue weighted by Crippen LogP contribution is 2.56. The van der Waals surface area contributed by atoms with Gasteiger partial charge in [0.25, 0.3) is 6.71 Å². The van der Waals surface area contributed by atoms with Crippen LogP contribution < -0.4 is 31.1 Å². The van der Waals surface area contributed by atoms with Crippen molar-refractivity contribution in [2.75, 3.05) is 14.7 Å². The molecule has 5 heteroatoms. The number of aromatic nitrogens is 1. The summed E-state index contributed by atoms with van der Waals surface area (Å²) in [5, 5.41) is 2.55. The summed E-state index contributed by atoms with van der Waals surface area (Å²) >= 11 is 0. The van der Waals surface area contributed by atoms with E-state index in [0.29, 0.717) is 13.0 Å². The Bertz CT molecular complexity index is 7240. The highest BCUT2D eigenvalue weighted by Gasteiger charge is 2.47. The van der Waals surface area contributed by atoms with Crippen molar-refractivity contribution in [2.45, 2.75) is 118 Å². The summed E-state index contributed by atoms with van der Waals surface area (Å²) in [7, 11) is 0. The Morgan fingerprint density at radius 3 is 0.901 bits per heavy atom. The molecule has 3 heterocycles. The van der Waals surface area contributed by atoms with E-state index in [1.54, 1.807) is 0 Å². The summed E-state index contributed by atoms with van der Waals surface area (Å²) < 4.78 is 2.64. The number of rotatable bonds is 17. The Hall–Kier alpha value is -14.8. The average Bonchev–Trinajstić information content (AvgIpc) is 0.871. The van der Waals surface area contributed by atoms with Gasteiger partial charge in [0.05, 0.1) is 11.4 Å². The number of nitrogens with zero attached hydrogens (tertiary/aromatic N) is 4. The Labute approximate surface area is 774 Å². The van der Waals surface area contributed by atoms with E-state index < -0.39 is 0 Å². The Balaban J connectivity index is 0.893. The lowest BCUT2D eigenvalue weighted by atomic mass is 9.33. The number of hydrogen-bond acceptors (Lipinski definition) is 3. The third-order valence-corrected chi connectivity index (χ3v) is 27.3. The van der Waals surface area contributed by atoms with Crippen LogP contribution in [0.15, 0.2) is 419 Å². The lowest BCUT2D eigenvalue weighted by Crippen LogP contribution is -2.61. The maximum Gasteiger partial charge on any atom is 0.252 e. The first-order valence-corrected chi connectivity index (χ1v) is 46.5. The average molecular weight is 1690 g/mol. The number of fused-ring (bicyclic) bond motifs is 7. The zero-order valence-electron chi connectivity index (χ0n) is 77.1. The fourth-order valence-electron chi connectivity index (χ4n) is 20.4. The van der Waals surface area contributed by atoms with Crippen LogP contribution in [0.4, 0.5) is 51.2 Å². The maximum absolute atomic E-state index is 2.73. The van der Waals surface area contributed by atoms with Crippen molar-refractivity contribution in [1.29, 1.82) is 0 Å². The summed E-state index contributed by atoms with van der Waals surface area (Å²) in [5.41, 5.74) is 42.9. The molecular formula is C126H109BN4. The van der Waals surface area contributed by atoms with Crippen LogP contribution in [0.5, 0.6) is 0 Å². The van der Waals surface area contributed by atoms with E-state index >= 15 is 0 Å². The molecule has 636 valence electrons. The lowest BCUT2D eigenvalue weighted by Gasteiger charge is -2.46. The molecule has 0 aliphatic carbocycles. The molecule has 0 saturated heterocycles. The normalized spacial score (nSPS) is 12.6. The molecule has 0 spiro atoms. The molecule has 2 aliphatic rings. The molecule has 131 heavy (non-hydrogen) atoms. The molecule has 0 atom stereocenters. The monoisotopic (exact) mass is 1690 g/mol. The van der Waals surface area contributed by atoms with Crippen LogP contribution in [0.3, 0.4) is 0 Å². The molecule has 0 bridgehead atoms. The van der Waals surface area contributed by atoms with Gasteiger partial charge in [-0.3, -0.25) is 0 Å². The van der Waals surface area contributed by atoms with Gasteiger partial charge in [-0.05, 0) is 259 Å². The molecule has 0 N–H and O–H groups in total. The van der Waals surface area contributed by atoms with Crippen LogP contribution in [-0.4, -0.2) is 11.3 Å². The smallest absolute Gasteiger partial charge is 0.252 e. The van der Waals surface area contributed by atoms with Crippen molar-refractivity contribution in [3.63, 3.8) is 0 Å². The van der Waals surface area contributed by atoms with Gasteiger partial charge in [-0.1, -0.05) is 392 Å². The minimum absolute atomic E-state index is 0.0186. The van der Waals surface area contributed by atoms with Crippen LogP contribution in [0.25, 0.3) is 111 Å². The van der Waals surface area contributed by atoms with Crippen molar-refractivity contribution >= 4 is 96.1 Å². The lowest BCUT2D eigenvalue weighted by molar-refractivity contribution is 0.590. The molecule has 18 aromatic carbocycles. The maximum atomic E-state index is 2.73. The number of benzene rings is 18. The summed E-state index contributed by atoms with van der Waals surface area (Å²) in [6.07, 6.45) is 0.619. The minimum Gasteiger partial charge on any atom is -0.336 e. The van der Waals surface area contributed by atoms with Crippen molar-refractivity contribution in [3.8, 4) is 89.0 Å². The summed E-state index contributed by atoms with van der Waals surface area (Å²) in [4.78, 5) is 7.92. The van der Waals surface area contributed by atoms with E-state index in [1.807, 2.05) is 0 Å². The van der Waals surface area contributed by atoms with E-state index in [-0.39, 0.29) is 28.4 Å². The van der Waals surface area contributed by atoms with Crippen LogP contribution >= 0.6 is 0 Å². The predicted molar refractivity (Wildman–Crippen MR) is 561 cm³/mol. The molecule has 0 amide bonds. The standard InChI is InChI=1S/C126H109BN4/c1-123(2,3)97-59-65-101(66-60-97)129(102-67-61-98(62-68-102)124(4,5)6)103-56-37-39-84(72-103)71-95-77-118-112(81-104(95)87-44-25-15-26-45-87)127-113-82-105(88-46-27-16-28-47-88)96(83-128-114-69-63-99(125(7,8)9)79-110(114)111-80-100(126(10,11)12)64-70-115(111)128)78-119(113)131(122-108(91-52-33-19-34-53-91)75-94(86-42-23-14-24-43-86)76-109(122)92-54-35-20-36-55-92)117-58-38-57-116(120(117)127)130(118)121-106(89-48-29-17-30-49-89)73-93(85-40-21-13-22-41-85)74-107(121)90-50-31-18-32-51-90/h13-70,72-82H,71,83H2,1-12H3. The minimum atomic E-state index is -0.356. The molecule has 0 fully saturated rings. The number of hydrogen-bond donors (Lipinski definition) is 0. The second-order valence-electron chi connectivity index (χ2n) is 40.0. The summed E-state index contributed by atoms with van der Waals surface area (Å²) in [6.45, 7) is 28.1. The Morgan fingerprint density at radius 2 is 0.550 bits per heavy atom. The van der Waals surface area contributed by atoms with Crippen molar-refractivity contribution < 1.29 is 0 Å². The fourth-order valence-corrected chi connectivity index (χ4v) is 20.4. The molecule has 21 rings (SSSR count). The molecule has 1 aromatic heterocycles. The van der Waals surface area contributed by atoms with Crippen LogP contribution in [0.1, 0.15) is 122 Å². The second-order valence-corrected chi connectivity index (χ2v) is 40.0. The Morgan fingerprint density at radius 1 is 0.237 bits per heavy atom. The molecule has 0 radical (unpaired) electrons. The first kappa shape index (κ1) is 83.2. The van der Waals surface area contributed by atoms with E-state index in [0.717, 1.165) is 129 Å². The van der Waals surface area contributed by atoms with E-state index in [4.69, 9.17) is 0 Å². The SMILES string of the molecule is CC(C)(C)c1ccc(N(c2ccc(C(C)(C)C)cc2)c2cccc(Cc3cc4c(cc3-c3ccccc3)B3c5cc(-c6ccccc6)c(Cn6c7ccc(C(C)(C)C)cc7c7cc(C(C)(C)C)ccc76)cc5N(c5c(-c6ccccc6)cc(-c6ccccc6)cc5-c5ccccc5)c5cccc(c53)N4c3c(-c4ccccc4)cc(-c4ccccc4)cc3-c3ccccc3)c2)cc1. The second kappa shape index (κ2) is 33.4. The fraction of sp³-hybridized carbons (Fsp3) is 0.143. The van der Waals surface area contributed by atoms with E-state index in [9.17, 15) is 0 Å². The number of anilines is 9. The zero-order chi connectivity index (χ0) is 89.6. The quantitative estimate of drug-likeness (QED) is 0.0845. The first-order chi connectivity index (χ1) is 63.5. The highest BCUT2D eigenvalue weighted by atomic mass is 15.2. The van der Waals surface area contributed by atoms with Gasteiger partial charge in [-0.2, -0.15) is 0 Å². The molecule has 2 aliphatic heterocycles. The van der Waals surface area contributed by atoms with Gasteiger partial charge in [-0.15, -0.1) is 0 Å². The van der Waals surface area contributed by atoms with Crippen LogP contribution in [0, 0.1) is 0 Å². The third-order valence-electron chi connectivity index (χ3n) is 27.3. The van der Waals surface area contributed by atoms with Crippen LogP contribution in [-0.2, 0) is 34.6 Å². The van der Waals surface area contributed by atoms with Crippen molar-refractivity contribution in [2.24, 2.45) is 0 Å². The van der Waals surface area contributed by atoms with Gasteiger partial charge in [0.2, 0.25) is 0 Å². The van der Waals surface area contributed by atoms with Gasteiger partial charge >= 0.3 is 0 Å². The molecule has 19 aromatic rings. The highest BCUT2D eigenvalue weighted by molar-refractivity contribution is 7.00. The summed E-state index contributed by atoms with van der Waals surface area (Å²) in [6, 6.07) is 160. The molecular weight excluding hydrogens is 1580 g/mol. The van der Waals surface area contributed by atoms with Gasteiger partial charge in [0.1, 0.15) is 0 Å². The third kappa shape index (κ3) is 15.7. The van der Waals surface area contributed by atoms with Gasteiger partial charge < -0.3 is 19.3 Å². The largest absolute Gasteiger partial charge is 0.336 e. The van der Waals surface area contributed by atoms with Crippen LogP contribution in [0.2, 0.25) is 0 Å². The van der Waals surface area contributed by atoms with Gasteiger partial charge in [0, 0.05) is 90.4 Å². The summed E-state index contributed by atoms with van der Waals surface area (Å²) in [5.74, 6) is 0. The van der Waals surface area contributed by atoms with E-state index in [1.165, 1.54) is 88.3 Å². The molecule has 0 unspecified atom stereocenters. The zero-order valence-corrected chi connectivity index (χ0v) is 77.1. The van der Waals surface area contributed by atoms with Gasteiger partial charge in [-0.25, -0.2) is 0 Å². The van der Waals surface area contributed by atoms with Gasteiger partial charge in [0.15, 0.2) is 0 Å². The Kier molecular flexibility index (Phi) is 21.2. The van der Waals surface area contributed by atoms with Crippen molar-refractivity contribution in [3.05, 3.63) is 458 Å². The molecule has 4 nitrogen and oxygen atoms in total. The van der Waals surface area contributed by atoms with Crippen molar-refractivity contribution in [1.82, 2.24) is 4.57 Å². The molecule has 0 saturated carbocycles. The predicted octanol–water partition coefficient (Wildman–Crippen LogP) is 32.5. The topological polar surface area (TPSA) is 14.7 Å².